The third-order valence-electron chi connectivity index (χ3n) is 2.84. The fourth-order valence-electron chi connectivity index (χ4n) is 1.64. The summed E-state index contributed by atoms with van der Waals surface area (Å²) < 4.78 is 0. The van der Waals surface area contributed by atoms with E-state index in [4.69, 9.17) is 0 Å². The molecule has 1 aromatic carbocycles. The highest BCUT2D eigenvalue weighted by molar-refractivity contribution is 5.69. The number of unbranched alkanes of at least 4 members (excludes halogenated alkanes) is 1. The summed E-state index contributed by atoms with van der Waals surface area (Å²) in [6.45, 7) is 1.94. The van der Waals surface area contributed by atoms with Gasteiger partial charge in [-0.25, -0.2) is 0 Å². The Morgan fingerprint density at radius 1 is 1.33 bits per heavy atom. The summed E-state index contributed by atoms with van der Waals surface area (Å²) in [6, 6.07) is 9.24. The van der Waals surface area contributed by atoms with Crippen LogP contribution in [0.15, 0.2) is 36.4 Å². The molecule has 0 bridgehead atoms. The molecule has 0 aromatic heterocycles. The van der Waals surface area contributed by atoms with Gasteiger partial charge < -0.3 is 0 Å². The van der Waals surface area contributed by atoms with Crippen LogP contribution in [0.4, 0.5) is 0 Å². The molecule has 4 heteroatoms. The van der Waals surface area contributed by atoms with Crippen LogP contribution < -0.4 is 0 Å². The van der Waals surface area contributed by atoms with Gasteiger partial charge >= 0.3 is 0 Å². The van der Waals surface area contributed by atoms with Crippen molar-refractivity contribution < 1.29 is 9.72 Å². The van der Waals surface area contributed by atoms with Crippen molar-refractivity contribution in [2.24, 2.45) is 0 Å². The number of nitrogens with zero attached hydrogens (tertiary/aromatic N) is 1. The molecule has 1 rings (SSSR count). The molecule has 0 aliphatic rings. The van der Waals surface area contributed by atoms with Crippen LogP contribution in [-0.4, -0.2) is 16.7 Å². The van der Waals surface area contributed by atoms with Gasteiger partial charge in [-0.05, 0) is 12.0 Å². The molecule has 18 heavy (non-hydrogen) atoms. The highest BCUT2D eigenvalue weighted by Gasteiger charge is 2.38. The zero-order valence-corrected chi connectivity index (χ0v) is 10.4. The number of benzene rings is 1. The molecular weight excluding hydrogens is 230 g/mol. The molecular formula is C14H17NO3. The third kappa shape index (κ3) is 3.52. The number of nitro groups is 1. The summed E-state index contributed by atoms with van der Waals surface area (Å²) in [6.07, 6.45) is 5.17. The van der Waals surface area contributed by atoms with Crippen LogP contribution in [-0.2, 0) is 4.79 Å². The van der Waals surface area contributed by atoms with Crippen molar-refractivity contribution in [1.29, 1.82) is 0 Å². The van der Waals surface area contributed by atoms with Crippen molar-refractivity contribution in [3.8, 4) is 0 Å². The predicted octanol–water partition coefficient (Wildman–Crippen LogP) is 3.10. The van der Waals surface area contributed by atoms with Crippen LogP contribution in [0.3, 0.4) is 0 Å². The quantitative estimate of drug-likeness (QED) is 0.422. The van der Waals surface area contributed by atoms with Crippen molar-refractivity contribution in [2.45, 2.75) is 31.7 Å². The van der Waals surface area contributed by atoms with Gasteiger partial charge in [0.05, 0.1) is 0 Å². The second-order valence-corrected chi connectivity index (χ2v) is 4.21. The van der Waals surface area contributed by atoms with Crippen LogP contribution in [0.25, 0.3) is 6.08 Å². The summed E-state index contributed by atoms with van der Waals surface area (Å²) in [5.74, 6) is 0. The van der Waals surface area contributed by atoms with Gasteiger partial charge in [-0.1, -0.05) is 49.8 Å². The molecule has 0 heterocycles. The SMILES string of the molecule is CCCCC(C=O)(C=Cc1ccccc1)[N+](=O)[O-]. The molecule has 0 spiro atoms. The molecule has 0 saturated carbocycles. The van der Waals surface area contributed by atoms with E-state index in [9.17, 15) is 14.9 Å². The molecule has 0 saturated heterocycles. The fourth-order valence-corrected chi connectivity index (χ4v) is 1.64. The molecule has 4 nitrogen and oxygen atoms in total. The van der Waals surface area contributed by atoms with E-state index in [-0.39, 0.29) is 6.42 Å². The van der Waals surface area contributed by atoms with E-state index < -0.39 is 10.5 Å². The number of hydrogen-bond donors (Lipinski definition) is 0. The maximum Gasteiger partial charge on any atom is 0.294 e. The lowest BCUT2D eigenvalue weighted by Crippen LogP contribution is -2.37. The predicted molar refractivity (Wildman–Crippen MR) is 70.8 cm³/mol. The first-order valence-electron chi connectivity index (χ1n) is 6.00. The van der Waals surface area contributed by atoms with Gasteiger partial charge in [0.15, 0.2) is 0 Å². The topological polar surface area (TPSA) is 60.2 Å². The Morgan fingerprint density at radius 2 is 2.00 bits per heavy atom. The van der Waals surface area contributed by atoms with Crippen molar-refractivity contribution in [3.63, 3.8) is 0 Å². The number of hydrogen-bond acceptors (Lipinski definition) is 3. The summed E-state index contributed by atoms with van der Waals surface area (Å²) in [7, 11) is 0. The smallest absolute Gasteiger partial charge is 0.294 e. The highest BCUT2D eigenvalue weighted by Crippen LogP contribution is 2.19. The summed E-state index contributed by atoms with van der Waals surface area (Å²) in [5.41, 5.74) is -0.742. The van der Waals surface area contributed by atoms with Crippen molar-refractivity contribution in [3.05, 3.63) is 52.1 Å². The lowest BCUT2D eigenvalue weighted by atomic mass is 9.94. The fraction of sp³-hybridized carbons (Fsp3) is 0.357. The van der Waals surface area contributed by atoms with Crippen LogP contribution in [0.5, 0.6) is 0 Å². The van der Waals surface area contributed by atoms with Crippen LogP contribution in [0.1, 0.15) is 31.7 Å². The molecule has 0 N–H and O–H groups in total. The molecule has 96 valence electrons. The standard InChI is InChI=1S/C14H17NO3/c1-2-3-10-14(12-16,15(17)18)11-9-13-7-5-4-6-8-13/h4-9,11-12H,2-3,10H2,1H3. The Kier molecular flexibility index (Phi) is 5.24. The average Bonchev–Trinajstić information content (AvgIpc) is 2.40. The summed E-state index contributed by atoms with van der Waals surface area (Å²) >= 11 is 0. The molecule has 0 fully saturated rings. The van der Waals surface area contributed by atoms with E-state index in [1.165, 1.54) is 6.08 Å². The highest BCUT2D eigenvalue weighted by atomic mass is 16.6. The van der Waals surface area contributed by atoms with Gasteiger partial charge in [-0.15, -0.1) is 0 Å². The second-order valence-electron chi connectivity index (χ2n) is 4.21. The van der Waals surface area contributed by atoms with E-state index in [2.05, 4.69) is 0 Å². The average molecular weight is 247 g/mol. The normalized spacial score (nSPS) is 14.3. The maximum absolute atomic E-state index is 11.1. The van der Waals surface area contributed by atoms with E-state index in [1.807, 2.05) is 37.3 Å². The Hall–Kier alpha value is -1.97. The molecule has 0 radical (unpaired) electrons. The number of rotatable bonds is 7. The number of aldehydes is 1. The maximum atomic E-state index is 11.1. The molecule has 0 aliphatic heterocycles. The Bertz CT molecular complexity index is 428. The Labute approximate surface area is 106 Å². The van der Waals surface area contributed by atoms with E-state index in [0.29, 0.717) is 12.7 Å². The molecule has 1 unspecified atom stereocenters. The third-order valence-corrected chi connectivity index (χ3v) is 2.84. The first-order chi connectivity index (χ1) is 8.64. The van der Waals surface area contributed by atoms with E-state index >= 15 is 0 Å². The summed E-state index contributed by atoms with van der Waals surface area (Å²) in [5, 5.41) is 11.1. The molecule has 0 aliphatic carbocycles. The minimum absolute atomic E-state index is 0.239. The lowest BCUT2D eigenvalue weighted by molar-refractivity contribution is -0.536. The van der Waals surface area contributed by atoms with Crippen molar-refractivity contribution in [1.82, 2.24) is 0 Å². The van der Waals surface area contributed by atoms with Gasteiger partial charge in [0.2, 0.25) is 6.29 Å². The minimum Gasteiger partial charge on any atom is -0.295 e. The van der Waals surface area contributed by atoms with Gasteiger partial charge in [0.25, 0.3) is 5.54 Å². The minimum atomic E-state index is -1.59. The van der Waals surface area contributed by atoms with E-state index in [1.54, 1.807) is 6.08 Å². The van der Waals surface area contributed by atoms with Crippen molar-refractivity contribution >= 4 is 12.4 Å². The monoisotopic (exact) mass is 247 g/mol. The first kappa shape index (κ1) is 14.1. The second kappa shape index (κ2) is 6.69. The molecule has 0 amide bonds. The molecule has 1 atom stereocenters. The van der Waals surface area contributed by atoms with Gasteiger partial charge in [-0.3, -0.25) is 14.9 Å². The molecule has 1 aromatic rings. The Morgan fingerprint density at radius 3 is 2.50 bits per heavy atom. The first-order valence-corrected chi connectivity index (χ1v) is 6.00. The van der Waals surface area contributed by atoms with Crippen LogP contribution in [0, 0.1) is 10.1 Å². The van der Waals surface area contributed by atoms with Crippen molar-refractivity contribution in [2.75, 3.05) is 0 Å². The van der Waals surface area contributed by atoms with Gasteiger partial charge in [0, 0.05) is 17.4 Å². The largest absolute Gasteiger partial charge is 0.295 e. The van der Waals surface area contributed by atoms with Crippen LogP contribution >= 0.6 is 0 Å². The zero-order chi connectivity index (χ0) is 13.4. The van der Waals surface area contributed by atoms with Gasteiger partial charge in [0.1, 0.15) is 0 Å². The zero-order valence-electron chi connectivity index (χ0n) is 10.4. The summed E-state index contributed by atoms with van der Waals surface area (Å²) in [4.78, 5) is 21.7. The van der Waals surface area contributed by atoms with E-state index in [0.717, 1.165) is 12.0 Å². The lowest BCUT2D eigenvalue weighted by Gasteiger charge is -2.14. The number of carbonyl (C=O) groups is 1. The Balaban J connectivity index is 2.94. The van der Waals surface area contributed by atoms with Crippen LogP contribution in [0.2, 0.25) is 0 Å². The van der Waals surface area contributed by atoms with Gasteiger partial charge in [-0.2, -0.15) is 0 Å². The number of carbonyl (C=O) groups excluding carboxylic acids is 1.